The first kappa shape index (κ1) is 15.6. The highest BCUT2D eigenvalue weighted by Crippen LogP contribution is 2.16. The van der Waals surface area contributed by atoms with Crippen LogP contribution in [0.5, 0.6) is 0 Å². The highest BCUT2D eigenvalue weighted by molar-refractivity contribution is 5.94. The molecule has 26 heavy (non-hydrogen) atoms. The Labute approximate surface area is 147 Å². The minimum Gasteiger partial charge on any atom is -0.343 e. The molecule has 0 fully saturated rings. The number of hydrogen-bond donors (Lipinski definition) is 2. The lowest BCUT2D eigenvalue weighted by molar-refractivity contribution is 0.0946. The number of hydrogen-bond acceptors (Lipinski definition) is 7. The number of rotatable bonds is 5. The Morgan fingerprint density at radius 1 is 1.04 bits per heavy atom. The Morgan fingerprint density at radius 3 is 2.58 bits per heavy atom. The van der Waals surface area contributed by atoms with Crippen molar-refractivity contribution < 1.29 is 9.32 Å². The van der Waals surface area contributed by atoms with Crippen LogP contribution in [0.2, 0.25) is 0 Å². The number of nitrogens with one attached hydrogen (secondary N) is 2. The lowest BCUT2D eigenvalue weighted by Crippen LogP contribution is -2.22. The number of H-pyrrole nitrogens is 1. The molecule has 4 rings (SSSR count). The van der Waals surface area contributed by atoms with Crippen LogP contribution < -0.4 is 5.32 Å². The minimum absolute atomic E-state index is 0.112. The van der Waals surface area contributed by atoms with Gasteiger partial charge in [0.25, 0.3) is 5.91 Å². The molecule has 3 heterocycles. The molecule has 9 nitrogen and oxygen atoms in total. The van der Waals surface area contributed by atoms with Crippen LogP contribution in [0.25, 0.3) is 22.9 Å². The lowest BCUT2D eigenvalue weighted by Gasteiger charge is -2.03. The SMILES string of the molecule is O=C(NCc1nc(-c2ncccn2)no1)c1ccc(-c2ccn[nH]2)cc1. The molecule has 128 valence electrons. The summed E-state index contributed by atoms with van der Waals surface area (Å²) in [5.74, 6) is 0.675. The van der Waals surface area contributed by atoms with E-state index in [1.807, 2.05) is 18.2 Å². The molecule has 1 aromatic carbocycles. The molecule has 0 atom stereocenters. The normalized spacial score (nSPS) is 10.6. The molecule has 0 bridgehead atoms. The van der Waals surface area contributed by atoms with Gasteiger partial charge >= 0.3 is 0 Å². The lowest BCUT2D eigenvalue weighted by atomic mass is 10.1. The number of aromatic nitrogens is 6. The van der Waals surface area contributed by atoms with Gasteiger partial charge in [0.2, 0.25) is 17.5 Å². The van der Waals surface area contributed by atoms with Crippen LogP contribution >= 0.6 is 0 Å². The van der Waals surface area contributed by atoms with Crippen LogP contribution in [-0.2, 0) is 6.54 Å². The summed E-state index contributed by atoms with van der Waals surface area (Å²) in [4.78, 5) is 24.5. The zero-order valence-corrected chi connectivity index (χ0v) is 13.5. The van der Waals surface area contributed by atoms with Crippen molar-refractivity contribution in [2.24, 2.45) is 0 Å². The van der Waals surface area contributed by atoms with Crippen molar-refractivity contribution in [3.8, 4) is 22.9 Å². The number of benzene rings is 1. The van der Waals surface area contributed by atoms with Crippen molar-refractivity contribution in [1.29, 1.82) is 0 Å². The highest BCUT2D eigenvalue weighted by Gasteiger charge is 2.12. The molecular weight excluding hydrogens is 334 g/mol. The molecule has 0 saturated carbocycles. The van der Waals surface area contributed by atoms with E-state index in [4.69, 9.17) is 4.52 Å². The highest BCUT2D eigenvalue weighted by atomic mass is 16.5. The van der Waals surface area contributed by atoms with E-state index in [9.17, 15) is 4.79 Å². The third-order valence-corrected chi connectivity index (χ3v) is 3.59. The maximum atomic E-state index is 12.2. The second-order valence-electron chi connectivity index (χ2n) is 5.31. The molecule has 0 aliphatic carbocycles. The van der Waals surface area contributed by atoms with Gasteiger partial charge in [-0.2, -0.15) is 10.1 Å². The topological polar surface area (TPSA) is 122 Å². The summed E-state index contributed by atoms with van der Waals surface area (Å²) < 4.78 is 5.11. The zero-order chi connectivity index (χ0) is 17.8. The Balaban J connectivity index is 1.39. The molecule has 0 aliphatic rings. The van der Waals surface area contributed by atoms with E-state index in [2.05, 4.69) is 35.6 Å². The molecule has 3 aromatic heterocycles. The smallest absolute Gasteiger partial charge is 0.251 e. The van der Waals surface area contributed by atoms with E-state index in [-0.39, 0.29) is 24.2 Å². The molecule has 0 spiro atoms. The van der Waals surface area contributed by atoms with E-state index in [0.29, 0.717) is 11.4 Å². The van der Waals surface area contributed by atoms with Crippen LogP contribution in [0.4, 0.5) is 0 Å². The Kier molecular flexibility index (Phi) is 4.17. The minimum atomic E-state index is -0.239. The van der Waals surface area contributed by atoms with E-state index < -0.39 is 0 Å². The molecular formula is C17H13N7O2. The van der Waals surface area contributed by atoms with Gasteiger partial charge < -0.3 is 9.84 Å². The van der Waals surface area contributed by atoms with Crippen molar-refractivity contribution in [2.45, 2.75) is 6.54 Å². The molecule has 2 N–H and O–H groups in total. The first-order chi connectivity index (χ1) is 12.8. The first-order valence-corrected chi connectivity index (χ1v) is 7.77. The molecule has 0 radical (unpaired) electrons. The van der Waals surface area contributed by atoms with E-state index >= 15 is 0 Å². The number of carbonyl (C=O) groups is 1. The van der Waals surface area contributed by atoms with Gasteiger partial charge in [0.15, 0.2) is 0 Å². The van der Waals surface area contributed by atoms with Crippen molar-refractivity contribution in [3.63, 3.8) is 0 Å². The van der Waals surface area contributed by atoms with E-state index in [1.165, 1.54) is 0 Å². The number of carbonyl (C=O) groups excluding carboxylic acids is 1. The van der Waals surface area contributed by atoms with Crippen molar-refractivity contribution >= 4 is 5.91 Å². The summed E-state index contributed by atoms with van der Waals surface area (Å²) >= 11 is 0. The standard InChI is InChI=1S/C17H13N7O2/c25-17(12-4-2-11(3-5-12)13-6-9-21-23-13)20-10-14-22-16(24-26-14)15-18-7-1-8-19-15/h1-9H,10H2,(H,20,25)(H,21,23). The maximum Gasteiger partial charge on any atom is 0.251 e. The van der Waals surface area contributed by atoms with Crippen molar-refractivity contribution in [2.75, 3.05) is 0 Å². The molecule has 1 amide bonds. The quantitative estimate of drug-likeness (QED) is 0.565. The van der Waals surface area contributed by atoms with E-state index in [0.717, 1.165) is 11.3 Å². The van der Waals surface area contributed by atoms with Crippen molar-refractivity contribution in [3.05, 3.63) is 66.4 Å². The van der Waals surface area contributed by atoms with Gasteiger partial charge in [-0.25, -0.2) is 9.97 Å². The Bertz CT molecular complexity index is 995. The molecule has 0 unspecified atom stereocenters. The molecule has 4 aromatic rings. The second kappa shape index (κ2) is 6.93. The molecule has 0 saturated heterocycles. The summed E-state index contributed by atoms with van der Waals surface area (Å²) in [7, 11) is 0. The van der Waals surface area contributed by atoms with Gasteiger partial charge in [-0.3, -0.25) is 9.89 Å². The fourth-order valence-corrected chi connectivity index (χ4v) is 2.31. The van der Waals surface area contributed by atoms with Crippen LogP contribution in [0.3, 0.4) is 0 Å². The molecule has 9 heteroatoms. The first-order valence-electron chi connectivity index (χ1n) is 7.77. The average Bonchev–Trinajstić information content (AvgIpc) is 3.39. The van der Waals surface area contributed by atoms with E-state index in [1.54, 1.807) is 36.8 Å². The number of nitrogens with zero attached hydrogens (tertiary/aromatic N) is 5. The van der Waals surface area contributed by atoms with Gasteiger partial charge in [-0.05, 0) is 29.8 Å². The number of aromatic amines is 1. The van der Waals surface area contributed by atoms with Crippen LogP contribution in [-0.4, -0.2) is 36.2 Å². The second-order valence-corrected chi connectivity index (χ2v) is 5.31. The predicted octanol–water partition coefficient (Wildman–Crippen LogP) is 1.85. The third kappa shape index (κ3) is 3.31. The fourth-order valence-electron chi connectivity index (χ4n) is 2.31. The summed E-state index contributed by atoms with van der Waals surface area (Å²) in [5.41, 5.74) is 2.36. The van der Waals surface area contributed by atoms with Gasteiger partial charge in [0.1, 0.15) is 0 Å². The third-order valence-electron chi connectivity index (χ3n) is 3.59. The number of amides is 1. The predicted molar refractivity (Wildman–Crippen MR) is 90.5 cm³/mol. The van der Waals surface area contributed by atoms with Gasteiger partial charge in [0.05, 0.1) is 12.2 Å². The van der Waals surface area contributed by atoms with Crippen LogP contribution in [0.15, 0.2) is 59.5 Å². The summed E-state index contributed by atoms with van der Waals surface area (Å²) in [6.45, 7) is 0.112. The zero-order valence-electron chi connectivity index (χ0n) is 13.5. The summed E-state index contributed by atoms with van der Waals surface area (Å²) in [6, 6.07) is 10.7. The van der Waals surface area contributed by atoms with Crippen LogP contribution in [0.1, 0.15) is 16.2 Å². The van der Waals surface area contributed by atoms with Gasteiger partial charge in [-0.15, -0.1) is 0 Å². The van der Waals surface area contributed by atoms with Crippen LogP contribution in [0, 0.1) is 0 Å². The fraction of sp³-hybridized carbons (Fsp3) is 0.0588. The monoisotopic (exact) mass is 347 g/mol. The van der Waals surface area contributed by atoms with Gasteiger partial charge in [-0.1, -0.05) is 17.3 Å². The maximum absolute atomic E-state index is 12.2. The largest absolute Gasteiger partial charge is 0.343 e. The molecule has 0 aliphatic heterocycles. The average molecular weight is 347 g/mol. The summed E-state index contributed by atoms with van der Waals surface area (Å²) in [5, 5.41) is 13.3. The van der Waals surface area contributed by atoms with Gasteiger partial charge in [0, 0.05) is 24.2 Å². The van der Waals surface area contributed by atoms with Crippen molar-refractivity contribution in [1.82, 2.24) is 35.6 Å². The summed E-state index contributed by atoms with van der Waals surface area (Å²) in [6.07, 6.45) is 4.86. The Hall–Kier alpha value is -3.88. The Morgan fingerprint density at radius 2 is 1.85 bits per heavy atom.